The van der Waals surface area contributed by atoms with Crippen LogP contribution in [0.5, 0.6) is 0 Å². The molecule has 0 aromatic carbocycles. The van der Waals surface area contributed by atoms with Gasteiger partial charge in [-0.25, -0.2) is 13.6 Å². The van der Waals surface area contributed by atoms with Crippen molar-refractivity contribution >= 4 is 5.97 Å². The van der Waals surface area contributed by atoms with Gasteiger partial charge in [0.1, 0.15) is 0 Å². The van der Waals surface area contributed by atoms with Gasteiger partial charge in [-0.15, -0.1) is 0 Å². The molecule has 0 amide bonds. The molecule has 0 bridgehead atoms. The van der Waals surface area contributed by atoms with Crippen molar-refractivity contribution in [2.75, 3.05) is 0 Å². The SMILES string of the molecule is NCc1ncc(C(=O)O)cc1C(F)F. The zero-order valence-electron chi connectivity index (χ0n) is 7.08. The number of pyridine rings is 1. The number of nitrogens with zero attached hydrogens (tertiary/aromatic N) is 1. The van der Waals surface area contributed by atoms with Crippen LogP contribution in [0.2, 0.25) is 0 Å². The van der Waals surface area contributed by atoms with E-state index in [0.29, 0.717) is 0 Å². The quantitative estimate of drug-likeness (QED) is 0.771. The lowest BCUT2D eigenvalue weighted by atomic mass is 10.1. The number of aromatic nitrogens is 1. The molecule has 0 saturated heterocycles. The maximum atomic E-state index is 12.4. The molecule has 0 aliphatic carbocycles. The molecule has 0 aliphatic heterocycles. The molecule has 0 aliphatic rings. The highest BCUT2D eigenvalue weighted by Crippen LogP contribution is 2.22. The average Bonchev–Trinajstić information content (AvgIpc) is 2.16. The van der Waals surface area contributed by atoms with Crippen LogP contribution in [0.15, 0.2) is 12.3 Å². The van der Waals surface area contributed by atoms with Gasteiger partial charge in [0.15, 0.2) is 0 Å². The lowest BCUT2D eigenvalue weighted by Crippen LogP contribution is -2.08. The van der Waals surface area contributed by atoms with Gasteiger partial charge in [-0.3, -0.25) is 4.98 Å². The molecule has 14 heavy (non-hydrogen) atoms. The highest BCUT2D eigenvalue weighted by atomic mass is 19.3. The van der Waals surface area contributed by atoms with Gasteiger partial charge in [-0.05, 0) is 6.07 Å². The second-order valence-corrected chi connectivity index (χ2v) is 2.57. The summed E-state index contributed by atoms with van der Waals surface area (Å²) < 4.78 is 24.7. The summed E-state index contributed by atoms with van der Waals surface area (Å²) in [6, 6.07) is 0.891. The van der Waals surface area contributed by atoms with Crippen LogP contribution in [0.1, 0.15) is 28.0 Å². The van der Waals surface area contributed by atoms with Gasteiger partial charge in [-0.2, -0.15) is 0 Å². The number of carboxylic acid groups (broad SMARTS) is 1. The summed E-state index contributed by atoms with van der Waals surface area (Å²) in [5, 5.41) is 8.54. The predicted octanol–water partition coefficient (Wildman–Crippen LogP) is 1.18. The van der Waals surface area contributed by atoms with Crippen LogP contribution in [-0.2, 0) is 6.54 Å². The van der Waals surface area contributed by atoms with E-state index >= 15 is 0 Å². The van der Waals surface area contributed by atoms with Crippen molar-refractivity contribution in [3.05, 3.63) is 29.1 Å². The zero-order chi connectivity index (χ0) is 10.7. The molecule has 0 saturated carbocycles. The molecule has 6 heteroatoms. The number of hydrogen-bond donors (Lipinski definition) is 2. The van der Waals surface area contributed by atoms with E-state index in [-0.39, 0.29) is 17.8 Å². The molecule has 4 nitrogen and oxygen atoms in total. The van der Waals surface area contributed by atoms with Crippen LogP contribution in [0.4, 0.5) is 8.78 Å². The third-order valence-corrected chi connectivity index (χ3v) is 1.68. The van der Waals surface area contributed by atoms with E-state index in [1.54, 1.807) is 0 Å². The van der Waals surface area contributed by atoms with Gasteiger partial charge >= 0.3 is 5.97 Å². The summed E-state index contributed by atoms with van der Waals surface area (Å²) in [7, 11) is 0. The van der Waals surface area contributed by atoms with Crippen LogP contribution in [0, 0.1) is 0 Å². The fourth-order valence-corrected chi connectivity index (χ4v) is 0.987. The molecule has 0 atom stereocenters. The Morgan fingerprint density at radius 3 is 2.71 bits per heavy atom. The van der Waals surface area contributed by atoms with Crippen molar-refractivity contribution in [1.29, 1.82) is 0 Å². The first-order chi connectivity index (χ1) is 6.56. The number of nitrogens with two attached hydrogens (primary N) is 1. The summed E-state index contributed by atoms with van der Waals surface area (Å²) in [5.41, 5.74) is 4.50. The van der Waals surface area contributed by atoms with Crippen molar-refractivity contribution in [1.82, 2.24) is 4.98 Å². The van der Waals surface area contributed by atoms with E-state index in [9.17, 15) is 13.6 Å². The van der Waals surface area contributed by atoms with Crippen LogP contribution in [0.3, 0.4) is 0 Å². The first-order valence-corrected chi connectivity index (χ1v) is 3.76. The Morgan fingerprint density at radius 2 is 2.29 bits per heavy atom. The standard InChI is InChI=1S/C8H8F2N2O2/c9-7(10)5-1-4(8(13)14)3-12-6(5)2-11/h1,3,7H,2,11H2,(H,13,14). The van der Waals surface area contributed by atoms with Crippen molar-refractivity contribution in [3.63, 3.8) is 0 Å². The van der Waals surface area contributed by atoms with E-state index in [1.165, 1.54) is 0 Å². The molecule has 1 aromatic rings. The van der Waals surface area contributed by atoms with Crippen molar-refractivity contribution in [3.8, 4) is 0 Å². The van der Waals surface area contributed by atoms with Crippen LogP contribution >= 0.6 is 0 Å². The number of hydrogen-bond acceptors (Lipinski definition) is 3. The minimum Gasteiger partial charge on any atom is -0.478 e. The predicted molar refractivity (Wildman–Crippen MR) is 44.0 cm³/mol. The fourth-order valence-electron chi connectivity index (χ4n) is 0.987. The summed E-state index contributed by atoms with van der Waals surface area (Å²) in [6.45, 7) is -0.139. The number of aromatic carboxylic acids is 1. The largest absolute Gasteiger partial charge is 0.478 e. The Bertz CT molecular complexity index is 355. The minimum atomic E-state index is -2.76. The normalized spacial score (nSPS) is 10.6. The van der Waals surface area contributed by atoms with E-state index < -0.39 is 18.0 Å². The highest BCUT2D eigenvalue weighted by molar-refractivity contribution is 5.87. The maximum Gasteiger partial charge on any atom is 0.337 e. The number of carbonyl (C=O) groups is 1. The number of halogens is 2. The summed E-state index contributed by atoms with van der Waals surface area (Å²) in [5.74, 6) is -1.29. The summed E-state index contributed by atoms with van der Waals surface area (Å²) in [6.07, 6.45) is -1.75. The Hall–Kier alpha value is -1.56. The fraction of sp³-hybridized carbons (Fsp3) is 0.250. The van der Waals surface area contributed by atoms with E-state index in [1.807, 2.05) is 0 Å². The van der Waals surface area contributed by atoms with E-state index in [2.05, 4.69) is 4.98 Å². The number of alkyl halides is 2. The first-order valence-electron chi connectivity index (χ1n) is 3.76. The lowest BCUT2D eigenvalue weighted by molar-refractivity contribution is 0.0696. The van der Waals surface area contributed by atoms with Crippen molar-refractivity contribution in [2.24, 2.45) is 5.73 Å². The smallest absolute Gasteiger partial charge is 0.337 e. The van der Waals surface area contributed by atoms with Gasteiger partial charge in [-0.1, -0.05) is 0 Å². The van der Waals surface area contributed by atoms with Crippen LogP contribution in [-0.4, -0.2) is 16.1 Å². The second kappa shape index (κ2) is 4.10. The molecule has 1 heterocycles. The van der Waals surface area contributed by atoms with Gasteiger partial charge < -0.3 is 10.8 Å². The van der Waals surface area contributed by atoms with Gasteiger partial charge in [0, 0.05) is 18.3 Å². The van der Waals surface area contributed by atoms with E-state index in [4.69, 9.17) is 10.8 Å². The molecule has 0 fully saturated rings. The maximum absolute atomic E-state index is 12.4. The average molecular weight is 202 g/mol. The first kappa shape index (κ1) is 10.5. The summed E-state index contributed by atoms with van der Waals surface area (Å²) in [4.78, 5) is 14.0. The molecule has 3 N–H and O–H groups in total. The zero-order valence-corrected chi connectivity index (χ0v) is 7.08. The van der Waals surface area contributed by atoms with Gasteiger partial charge in [0.25, 0.3) is 6.43 Å². The molecular formula is C8H8F2N2O2. The minimum absolute atomic E-state index is 0.0185. The number of carboxylic acids is 1. The second-order valence-electron chi connectivity index (χ2n) is 2.57. The van der Waals surface area contributed by atoms with Gasteiger partial charge in [0.2, 0.25) is 0 Å². The lowest BCUT2D eigenvalue weighted by Gasteiger charge is -2.06. The van der Waals surface area contributed by atoms with Crippen LogP contribution in [0.25, 0.3) is 0 Å². The van der Waals surface area contributed by atoms with Gasteiger partial charge in [0.05, 0.1) is 11.3 Å². The monoisotopic (exact) mass is 202 g/mol. The molecular weight excluding hydrogens is 194 g/mol. The van der Waals surface area contributed by atoms with E-state index in [0.717, 1.165) is 12.3 Å². The highest BCUT2D eigenvalue weighted by Gasteiger charge is 2.16. The third kappa shape index (κ3) is 2.02. The van der Waals surface area contributed by atoms with Crippen molar-refractivity contribution < 1.29 is 18.7 Å². The van der Waals surface area contributed by atoms with Crippen molar-refractivity contribution in [2.45, 2.75) is 13.0 Å². The molecule has 76 valence electrons. The Labute approximate surface area is 78.4 Å². The molecule has 0 radical (unpaired) electrons. The third-order valence-electron chi connectivity index (χ3n) is 1.68. The molecule has 0 unspecified atom stereocenters. The number of rotatable bonds is 3. The van der Waals surface area contributed by atoms with Crippen LogP contribution < -0.4 is 5.73 Å². The summed E-state index contributed by atoms with van der Waals surface area (Å²) >= 11 is 0. The topological polar surface area (TPSA) is 76.2 Å². The molecule has 1 rings (SSSR count). The Morgan fingerprint density at radius 1 is 1.64 bits per heavy atom. The molecule has 1 aromatic heterocycles. The Kier molecular flexibility index (Phi) is 3.08. The molecule has 0 spiro atoms. The Balaban J connectivity index is 3.20.